The number of nitrogens with zero attached hydrogens (tertiary/aromatic N) is 5. The highest BCUT2D eigenvalue weighted by Gasteiger charge is 2.24. The molecule has 29 heavy (non-hydrogen) atoms. The van der Waals surface area contributed by atoms with Gasteiger partial charge in [-0.3, -0.25) is 40.9 Å². The van der Waals surface area contributed by atoms with Crippen LogP contribution in [-0.2, 0) is 0 Å². The highest BCUT2D eigenvalue weighted by atomic mass is 16.6. The molecule has 146 valence electrons. The number of pyridine rings is 1. The van der Waals surface area contributed by atoms with Crippen LogP contribution in [0.2, 0.25) is 0 Å². The Morgan fingerprint density at radius 1 is 0.966 bits per heavy atom. The van der Waals surface area contributed by atoms with Gasteiger partial charge < -0.3 is 5.32 Å². The molecule has 0 radical (unpaired) electrons. The summed E-state index contributed by atoms with van der Waals surface area (Å²) in [5, 5.41) is 25.1. The van der Waals surface area contributed by atoms with Gasteiger partial charge in [0.05, 0.1) is 9.85 Å². The molecule has 0 spiro atoms. The van der Waals surface area contributed by atoms with Crippen LogP contribution >= 0.6 is 0 Å². The molecule has 3 rings (SSSR count). The van der Waals surface area contributed by atoms with Crippen molar-refractivity contribution in [2.24, 2.45) is 0 Å². The highest BCUT2D eigenvalue weighted by molar-refractivity contribution is 5.94. The van der Waals surface area contributed by atoms with Gasteiger partial charge in [0.2, 0.25) is 11.6 Å². The minimum absolute atomic E-state index is 0.199. The van der Waals surface area contributed by atoms with Crippen LogP contribution in [0.1, 0.15) is 10.4 Å². The van der Waals surface area contributed by atoms with Gasteiger partial charge in [-0.05, 0) is 18.2 Å². The van der Waals surface area contributed by atoms with Crippen LogP contribution in [0.4, 0.5) is 28.7 Å². The molecule has 0 bridgehead atoms. The third-order valence-corrected chi connectivity index (χ3v) is 3.56. The Morgan fingerprint density at radius 3 is 2.38 bits per heavy atom. The van der Waals surface area contributed by atoms with Gasteiger partial charge in [0.15, 0.2) is 0 Å². The van der Waals surface area contributed by atoms with Gasteiger partial charge in [-0.15, -0.1) is 0 Å². The number of anilines is 3. The second-order valence-electron chi connectivity index (χ2n) is 5.42. The fraction of sp³-hybridized carbons (Fsp3) is 0. The number of aromatic nitrogens is 3. The van der Waals surface area contributed by atoms with Crippen LogP contribution in [-0.4, -0.2) is 30.7 Å². The number of nitrogens with one attached hydrogen (secondary N) is 3. The van der Waals surface area contributed by atoms with E-state index >= 15 is 0 Å². The zero-order valence-corrected chi connectivity index (χ0v) is 14.5. The number of hydrogen-bond acceptors (Lipinski definition) is 10. The average Bonchev–Trinajstić information content (AvgIpc) is 2.72. The Balaban J connectivity index is 1.84. The SMILES string of the molecule is O=C(NNc1ncnc(Nc2cccc([N+](=O)[O-])c2)c1[N+](=O)[O-])c1ccncc1. The third-order valence-electron chi connectivity index (χ3n) is 3.56. The largest absolute Gasteiger partial charge is 0.355 e. The second kappa shape index (κ2) is 8.34. The summed E-state index contributed by atoms with van der Waals surface area (Å²) in [5.74, 6) is -1.06. The summed E-state index contributed by atoms with van der Waals surface area (Å²) in [6.45, 7) is 0. The number of hydrogen-bond donors (Lipinski definition) is 3. The molecule has 13 nitrogen and oxygen atoms in total. The Kier molecular flexibility index (Phi) is 5.49. The molecule has 0 atom stereocenters. The van der Waals surface area contributed by atoms with Crippen LogP contribution in [0, 0.1) is 20.2 Å². The molecular formula is C16H12N8O5. The maximum atomic E-state index is 12.1. The molecule has 0 aliphatic rings. The minimum Gasteiger partial charge on any atom is -0.334 e. The summed E-state index contributed by atoms with van der Waals surface area (Å²) in [7, 11) is 0. The van der Waals surface area contributed by atoms with Crippen molar-refractivity contribution in [2.45, 2.75) is 0 Å². The van der Waals surface area contributed by atoms with Gasteiger partial charge >= 0.3 is 5.69 Å². The lowest BCUT2D eigenvalue weighted by molar-refractivity contribution is -0.384. The Labute approximate surface area is 162 Å². The van der Waals surface area contributed by atoms with Gasteiger partial charge in [0.25, 0.3) is 11.6 Å². The molecule has 1 amide bonds. The third kappa shape index (κ3) is 4.54. The van der Waals surface area contributed by atoms with Gasteiger partial charge in [-0.1, -0.05) is 6.07 Å². The molecule has 0 unspecified atom stereocenters. The predicted octanol–water partition coefficient (Wildman–Crippen LogP) is 2.19. The standard InChI is InChI=1S/C16H12N8O5/c25-16(10-4-6-17-7-5-10)22-21-15-13(24(28)29)14(18-9-19-15)20-11-2-1-3-12(8-11)23(26)27/h1-9H,(H,22,25)(H2,18,19,20,21). The van der Waals surface area contributed by atoms with Gasteiger partial charge in [0.1, 0.15) is 6.33 Å². The molecule has 0 saturated carbocycles. The van der Waals surface area contributed by atoms with E-state index in [0.717, 1.165) is 6.33 Å². The maximum absolute atomic E-state index is 12.1. The van der Waals surface area contributed by atoms with Crippen molar-refractivity contribution in [1.29, 1.82) is 0 Å². The van der Waals surface area contributed by atoms with Crippen molar-refractivity contribution in [2.75, 3.05) is 10.7 Å². The van der Waals surface area contributed by atoms with E-state index in [0.29, 0.717) is 0 Å². The highest BCUT2D eigenvalue weighted by Crippen LogP contribution is 2.31. The maximum Gasteiger partial charge on any atom is 0.355 e. The van der Waals surface area contributed by atoms with Crippen molar-refractivity contribution < 1.29 is 14.6 Å². The van der Waals surface area contributed by atoms with E-state index in [1.54, 1.807) is 0 Å². The molecule has 2 aromatic heterocycles. The molecule has 0 aliphatic carbocycles. The Hall–Kier alpha value is -4.68. The summed E-state index contributed by atoms with van der Waals surface area (Å²) in [6, 6.07) is 8.30. The first-order valence-corrected chi connectivity index (χ1v) is 7.93. The molecule has 3 N–H and O–H groups in total. The minimum atomic E-state index is -0.749. The quantitative estimate of drug-likeness (QED) is 0.396. The van der Waals surface area contributed by atoms with Crippen molar-refractivity contribution >= 4 is 34.6 Å². The lowest BCUT2D eigenvalue weighted by Gasteiger charge is -2.11. The summed E-state index contributed by atoms with van der Waals surface area (Å²) in [6.07, 6.45) is 3.87. The normalized spacial score (nSPS) is 10.1. The summed E-state index contributed by atoms with van der Waals surface area (Å²) in [4.78, 5) is 44.6. The van der Waals surface area contributed by atoms with Crippen LogP contribution < -0.4 is 16.2 Å². The van der Waals surface area contributed by atoms with E-state index in [4.69, 9.17) is 0 Å². The summed E-state index contributed by atoms with van der Waals surface area (Å²) < 4.78 is 0. The molecular weight excluding hydrogens is 384 g/mol. The first-order chi connectivity index (χ1) is 14.0. The summed E-state index contributed by atoms with van der Waals surface area (Å²) >= 11 is 0. The van der Waals surface area contributed by atoms with Crippen molar-refractivity contribution in [3.63, 3.8) is 0 Å². The van der Waals surface area contributed by atoms with E-state index in [2.05, 4.69) is 31.1 Å². The number of rotatable bonds is 7. The molecule has 13 heteroatoms. The number of nitro benzene ring substituents is 1. The number of nitro groups is 2. The molecule has 0 fully saturated rings. The van der Waals surface area contributed by atoms with Gasteiger partial charge in [-0.25, -0.2) is 9.97 Å². The first kappa shape index (κ1) is 19.1. The number of amides is 1. The van der Waals surface area contributed by atoms with Crippen molar-refractivity contribution in [1.82, 2.24) is 20.4 Å². The monoisotopic (exact) mass is 396 g/mol. The second-order valence-corrected chi connectivity index (χ2v) is 5.42. The van der Waals surface area contributed by atoms with Crippen LogP contribution in [0.5, 0.6) is 0 Å². The summed E-state index contributed by atoms with van der Waals surface area (Å²) in [5.41, 5.74) is 4.42. The molecule has 0 saturated heterocycles. The molecule has 1 aromatic carbocycles. The number of non-ortho nitro benzene ring substituents is 1. The Bertz CT molecular complexity index is 1080. The zero-order valence-electron chi connectivity index (χ0n) is 14.5. The van der Waals surface area contributed by atoms with Gasteiger partial charge in [0, 0.05) is 35.8 Å². The van der Waals surface area contributed by atoms with Crippen molar-refractivity contribution in [3.8, 4) is 0 Å². The lowest BCUT2D eigenvalue weighted by Crippen LogP contribution is -2.30. The lowest BCUT2D eigenvalue weighted by atomic mass is 10.2. The van der Waals surface area contributed by atoms with Crippen LogP contribution in [0.3, 0.4) is 0 Å². The average molecular weight is 396 g/mol. The first-order valence-electron chi connectivity index (χ1n) is 7.93. The molecule has 0 aliphatic heterocycles. The van der Waals surface area contributed by atoms with Crippen LogP contribution in [0.25, 0.3) is 0 Å². The topological polar surface area (TPSA) is 178 Å². The fourth-order valence-corrected chi connectivity index (χ4v) is 2.26. The van der Waals surface area contributed by atoms with E-state index in [1.165, 1.54) is 48.8 Å². The van der Waals surface area contributed by atoms with E-state index in [-0.39, 0.29) is 28.6 Å². The number of benzene rings is 1. The van der Waals surface area contributed by atoms with E-state index < -0.39 is 21.4 Å². The van der Waals surface area contributed by atoms with Crippen molar-refractivity contribution in [3.05, 3.63) is 80.9 Å². The van der Waals surface area contributed by atoms with E-state index in [9.17, 15) is 25.0 Å². The van der Waals surface area contributed by atoms with E-state index in [1.807, 2.05) is 0 Å². The zero-order chi connectivity index (χ0) is 20.8. The van der Waals surface area contributed by atoms with Gasteiger partial charge in [-0.2, -0.15) is 0 Å². The number of hydrazine groups is 1. The van der Waals surface area contributed by atoms with Crippen LogP contribution in [0.15, 0.2) is 55.1 Å². The molecule has 3 aromatic rings. The fourth-order valence-electron chi connectivity index (χ4n) is 2.26. The predicted molar refractivity (Wildman–Crippen MR) is 100 cm³/mol. The smallest absolute Gasteiger partial charge is 0.334 e. The molecule has 2 heterocycles. The Morgan fingerprint density at radius 2 is 1.69 bits per heavy atom. The number of carbonyl (C=O) groups is 1. The number of carbonyl (C=O) groups excluding carboxylic acids is 1.